The van der Waals surface area contributed by atoms with Crippen molar-refractivity contribution in [2.45, 2.75) is 38.8 Å². The number of nitrogens with one attached hydrogen (secondary N) is 1. The first kappa shape index (κ1) is 14.1. The smallest absolute Gasteiger partial charge is 0.329 e. The zero-order valence-electron chi connectivity index (χ0n) is 10.0. The summed E-state index contributed by atoms with van der Waals surface area (Å²) < 4.78 is 35.8. The summed E-state index contributed by atoms with van der Waals surface area (Å²) in [5.41, 5.74) is 0. The fourth-order valence-corrected chi connectivity index (χ4v) is 2.06. The first-order valence-electron chi connectivity index (χ1n) is 6.02. The van der Waals surface area contributed by atoms with E-state index in [2.05, 4.69) is 6.92 Å². The van der Waals surface area contributed by atoms with Crippen LogP contribution in [0.25, 0.3) is 0 Å². The molecule has 0 aromatic heterocycles. The van der Waals surface area contributed by atoms with Gasteiger partial charge in [0.25, 0.3) is 0 Å². The fourth-order valence-electron chi connectivity index (χ4n) is 2.06. The van der Waals surface area contributed by atoms with Gasteiger partial charge in [0.2, 0.25) is 0 Å². The number of alkyl halides is 3. The minimum absolute atomic E-state index is 0.556. The van der Waals surface area contributed by atoms with Crippen molar-refractivity contribution >= 4 is 6.03 Å². The number of likely N-dealkylation sites (tertiary alicyclic amines) is 1. The summed E-state index contributed by atoms with van der Waals surface area (Å²) >= 11 is 0. The number of carbonyl (C=O) groups excluding carboxylic acids is 1. The molecule has 2 amide bonds. The number of urea groups is 1. The third-order valence-electron chi connectivity index (χ3n) is 3.15. The number of rotatable bonds is 2. The van der Waals surface area contributed by atoms with Crippen molar-refractivity contribution in [3.63, 3.8) is 0 Å². The van der Waals surface area contributed by atoms with Gasteiger partial charge in [-0.1, -0.05) is 13.3 Å². The molecule has 1 aliphatic heterocycles. The van der Waals surface area contributed by atoms with Crippen LogP contribution in [0.2, 0.25) is 0 Å². The lowest BCUT2D eigenvalue weighted by atomic mass is 9.98. The molecule has 1 N–H and O–H groups in total. The van der Waals surface area contributed by atoms with Gasteiger partial charge in [0.05, 0.1) is 0 Å². The van der Waals surface area contributed by atoms with Crippen LogP contribution < -0.4 is 5.32 Å². The average molecular weight is 252 g/mol. The molecule has 100 valence electrons. The summed E-state index contributed by atoms with van der Waals surface area (Å²) in [6.07, 6.45) is -0.459. The van der Waals surface area contributed by atoms with E-state index in [-0.39, 0.29) is 0 Å². The molecule has 17 heavy (non-hydrogen) atoms. The molecule has 3 nitrogen and oxygen atoms in total. The highest BCUT2D eigenvalue weighted by atomic mass is 19.4. The molecule has 1 heterocycles. The van der Waals surface area contributed by atoms with E-state index in [1.54, 1.807) is 0 Å². The van der Waals surface area contributed by atoms with Gasteiger partial charge in [0.15, 0.2) is 0 Å². The molecule has 0 aliphatic carbocycles. The van der Waals surface area contributed by atoms with Crippen LogP contribution in [0.15, 0.2) is 0 Å². The van der Waals surface area contributed by atoms with E-state index in [1.165, 1.54) is 4.90 Å². The third-order valence-corrected chi connectivity index (χ3v) is 3.15. The Kier molecular flexibility index (Phi) is 5.08. The minimum atomic E-state index is -4.34. The zero-order valence-corrected chi connectivity index (χ0v) is 10.0. The Balaban J connectivity index is 2.36. The quantitative estimate of drug-likeness (QED) is 0.805. The lowest BCUT2D eigenvalue weighted by molar-refractivity contribution is -0.123. The van der Waals surface area contributed by atoms with E-state index in [1.807, 2.05) is 5.32 Å². The van der Waals surface area contributed by atoms with Crippen LogP contribution in [-0.4, -0.2) is 36.7 Å². The van der Waals surface area contributed by atoms with Crippen molar-refractivity contribution in [2.75, 3.05) is 19.6 Å². The molecule has 0 radical (unpaired) electrons. The molecule has 0 aromatic carbocycles. The predicted octanol–water partition coefficient (Wildman–Crippen LogP) is 2.77. The van der Waals surface area contributed by atoms with Crippen LogP contribution in [0.4, 0.5) is 18.0 Å². The van der Waals surface area contributed by atoms with Crippen LogP contribution >= 0.6 is 0 Å². The maximum atomic E-state index is 11.9. The van der Waals surface area contributed by atoms with Gasteiger partial charge < -0.3 is 10.2 Å². The highest BCUT2D eigenvalue weighted by Gasteiger charge is 2.29. The lowest BCUT2D eigenvalue weighted by Crippen LogP contribution is -2.44. The highest BCUT2D eigenvalue weighted by molar-refractivity contribution is 5.74. The third kappa shape index (κ3) is 5.28. The molecule has 6 heteroatoms. The normalized spacial score (nSPS) is 22.1. The second-order valence-corrected chi connectivity index (χ2v) is 4.47. The van der Waals surface area contributed by atoms with Crippen LogP contribution in [0.3, 0.4) is 0 Å². The molecule has 0 spiro atoms. The number of hydrogen-bond acceptors (Lipinski definition) is 1. The molecule has 0 aromatic rings. The number of hydrogen-bond donors (Lipinski definition) is 1. The van der Waals surface area contributed by atoms with Crippen molar-refractivity contribution in [1.29, 1.82) is 0 Å². The van der Waals surface area contributed by atoms with Gasteiger partial charge in [-0.05, 0) is 25.2 Å². The summed E-state index contributed by atoms with van der Waals surface area (Å²) in [5, 5.41) is 1.91. The first-order valence-corrected chi connectivity index (χ1v) is 6.02. The van der Waals surface area contributed by atoms with Gasteiger partial charge >= 0.3 is 12.2 Å². The first-order chi connectivity index (χ1) is 7.92. The number of amides is 2. The molecule has 1 atom stereocenters. The van der Waals surface area contributed by atoms with E-state index < -0.39 is 18.8 Å². The minimum Gasteiger partial charge on any atom is -0.329 e. The Labute approximate surface area is 99.4 Å². The molecule has 1 saturated heterocycles. The van der Waals surface area contributed by atoms with Gasteiger partial charge in [-0.15, -0.1) is 0 Å². The molecule has 1 fully saturated rings. The average Bonchev–Trinajstić information content (AvgIpc) is 2.49. The van der Waals surface area contributed by atoms with Gasteiger partial charge in [-0.2, -0.15) is 13.2 Å². The Morgan fingerprint density at radius 2 is 2.06 bits per heavy atom. The second kappa shape index (κ2) is 6.12. The summed E-state index contributed by atoms with van der Waals surface area (Å²) in [5.74, 6) is 0.593. The maximum Gasteiger partial charge on any atom is 0.405 e. The molecule has 1 aliphatic rings. The van der Waals surface area contributed by atoms with E-state index in [4.69, 9.17) is 0 Å². The number of carbonyl (C=O) groups is 1. The van der Waals surface area contributed by atoms with E-state index in [9.17, 15) is 18.0 Å². The van der Waals surface area contributed by atoms with E-state index in [0.29, 0.717) is 19.0 Å². The Hall–Kier alpha value is -0.940. The SMILES string of the molecule is CCC1CCCN(C(=O)NCC(F)(F)F)CC1. The summed E-state index contributed by atoms with van der Waals surface area (Å²) in [6, 6.07) is -0.598. The predicted molar refractivity (Wildman–Crippen MR) is 58.7 cm³/mol. The standard InChI is InChI=1S/C11H19F3N2O/c1-2-9-4-3-6-16(7-5-9)10(17)15-8-11(12,13)14/h9H,2-8H2,1H3,(H,15,17). The summed E-state index contributed by atoms with van der Waals surface area (Å²) in [7, 11) is 0. The van der Waals surface area contributed by atoms with Gasteiger partial charge in [-0.3, -0.25) is 0 Å². The molecule has 0 bridgehead atoms. The van der Waals surface area contributed by atoms with Gasteiger partial charge in [0, 0.05) is 13.1 Å². The number of nitrogens with zero attached hydrogens (tertiary/aromatic N) is 1. The van der Waals surface area contributed by atoms with E-state index in [0.717, 1.165) is 25.7 Å². The largest absolute Gasteiger partial charge is 0.405 e. The van der Waals surface area contributed by atoms with Crippen LogP contribution in [0, 0.1) is 5.92 Å². The van der Waals surface area contributed by atoms with Crippen LogP contribution in [-0.2, 0) is 0 Å². The highest BCUT2D eigenvalue weighted by Crippen LogP contribution is 2.20. The fraction of sp³-hybridized carbons (Fsp3) is 0.909. The molecule has 1 rings (SSSR count). The monoisotopic (exact) mass is 252 g/mol. The van der Waals surface area contributed by atoms with Crippen LogP contribution in [0.5, 0.6) is 0 Å². The van der Waals surface area contributed by atoms with Crippen molar-refractivity contribution in [2.24, 2.45) is 5.92 Å². The molecular weight excluding hydrogens is 233 g/mol. The molecule has 1 unspecified atom stereocenters. The Morgan fingerprint density at radius 3 is 2.65 bits per heavy atom. The van der Waals surface area contributed by atoms with Crippen molar-refractivity contribution < 1.29 is 18.0 Å². The number of halogens is 3. The van der Waals surface area contributed by atoms with Crippen molar-refractivity contribution in [3.8, 4) is 0 Å². The zero-order chi connectivity index (χ0) is 12.9. The maximum absolute atomic E-state index is 11.9. The summed E-state index contributed by atoms with van der Waals surface area (Å²) in [6.45, 7) is 1.96. The summed E-state index contributed by atoms with van der Waals surface area (Å²) in [4.78, 5) is 13.0. The molecular formula is C11H19F3N2O. The Bertz CT molecular complexity index is 256. The lowest BCUT2D eigenvalue weighted by Gasteiger charge is -2.21. The van der Waals surface area contributed by atoms with Gasteiger partial charge in [0.1, 0.15) is 6.54 Å². The molecule has 0 saturated carbocycles. The Morgan fingerprint density at radius 1 is 1.35 bits per heavy atom. The van der Waals surface area contributed by atoms with Crippen molar-refractivity contribution in [1.82, 2.24) is 10.2 Å². The van der Waals surface area contributed by atoms with Gasteiger partial charge in [-0.25, -0.2) is 4.79 Å². The topological polar surface area (TPSA) is 32.3 Å². The van der Waals surface area contributed by atoms with E-state index >= 15 is 0 Å². The van der Waals surface area contributed by atoms with Crippen molar-refractivity contribution in [3.05, 3.63) is 0 Å². The van der Waals surface area contributed by atoms with Crippen LogP contribution in [0.1, 0.15) is 32.6 Å². The second-order valence-electron chi connectivity index (χ2n) is 4.47.